The quantitative estimate of drug-likeness (QED) is 0.306. The number of nitrogens with one attached hydrogen (secondary N) is 2. The molecule has 0 aliphatic rings. The van der Waals surface area contributed by atoms with Crippen molar-refractivity contribution < 1.29 is 23.8 Å². The molecule has 8 nitrogen and oxygen atoms in total. The van der Waals surface area contributed by atoms with E-state index >= 15 is 0 Å². The summed E-state index contributed by atoms with van der Waals surface area (Å²) in [5.41, 5.74) is 4.06. The summed E-state index contributed by atoms with van der Waals surface area (Å²) in [6.07, 6.45) is 1.40. The van der Waals surface area contributed by atoms with Crippen molar-refractivity contribution in [3.63, 3.8) is 0 Å². The van der Waals surface area contributed by atoms with Crippen LogP contribution in [0.1, 0.15) is 21.5 Å². The number of carbonyl (C=O) groups is 2. The van der Waals surface area contributed by atoms with Gasteiger partial charge >= 0.3 is 0 Å². The van der Waals surface area contributed by atoms with E-state index in [2.05, 4.69) is 15.8 Å². The summed E-state index contributed by atoms with van der Waals surface area (Å²) in [5.74, 6) is 0.440. The van der Waals surface area contributed by atoms with Crippen LogP contribution in [0.2, 0.25) is 10.0 Å². The molecule has 0 bridgehead atoms. The van der Waals surface area contributed by atoms with Crippen molar-refractivity contribution >= 4 is 41.2 Å². The van der Waals surface area contributed by atoms with Gasteiger partial charge in [-0.15, -0.1) is 0 Å². The Bertz CT molecular complexity index is 1230. The Hall–Kier alpha value is -3.75. The molecule has 0 fully saturated rings. The molecule has 10 heteroatoms. The van der Waals surface area contributed by atoms with Crippen LogP contribution in [0.25, 0.3) is 0 Å². The fraction of sp³-hybridized carbons (Fsp3) is 0.160. The van der Waals surface area contributed by atoms with E-state index in [-0.39, 0.29) is 13.2 Å². The average Bonchev–Trinajstić information content (AvgIpc) is 2.87. The topological polar surface area (TPSA) is 98.2 Å². The maximum absolute atomic E-state index is 12.3. The van der Waals surface area contributed by atoms with Gasteiger partial charge in [-0.3, -0.25) is 9.59 Å². The van der Waals surface area contributed by atoms with Gasteiger partial charge in [-0.25, -0.2) is 5.43 Å². The Kier molecular flexibility index (Phi) is 9.34. The number of hydrogen-bond donors (Lipinski definition) is 2. The zero-order chi connectivity index (χ0) is 25.2. The molecule has 3 aromatic rings. The van der Waals surface area contributed by atoms with Crippen molar-refractivity contribution in [3.8, 4) is 17.2 Å². The number of hydrogen-bond acceptors (Lipinski definition) is 6. The van der Waals surface area contributed by atoms with Gasteiger partial charge in [-0.1, -0.05) is 41.4 Å². The first-order valence-electron chi connectivity index (χ1n) is 10.4. The summed E-state index contributed by atoms with van der Waals surface area (Å²) in [4.78, 5) is 24.5. The second-order valence-electron chi connectivity index (χ2n) is 7.11. The molecule has 0 atom stereocenters. The lowest BCUT2D eigenvalue weighted by molar-refractivity contribution is -0.120. The predicted octanol–water partition coefficient (Wildman–Crippen LogP) is 4.47. The summed E-state index contributed by atoms with van der Waals surface area (Å²) in [6, 6.07) is 17.1. The Labute approximate surface area is 212 Å². The summed E-state index contributed by atoms with van der Waals surface area (Å²) in [7, 11) is 2.97. The maximum atomic E-state index is 12.3. The molecule has 0 aliphatic carbocycles. The van der Waals surface area contributed by atoms with E-state index in [4.69, 9.17) is 37.4 Å². The van der Waals surface area contributed by atoms with E-state index in [0.717, 1.165) is 5.56 Å². The van der Waals surface area contributed by atoms with Crippen LogP contribution in [0.15, 0.2) is 65.8 Å². The molecule has 0 radical (unpaired) electrons. The smallest absolute Gasteiger partial charge is 0.259 e. The lowest BCUT2D eigenvalue weighted by Crippen LogP contribution is -2.34. The first-order valence-corrected chi connectivity index (χ1v) is 11.1. The van der Waals surface area contributed by atoms with Gasteiger partial charge in [0.05, 0.1) is 27.0 Å². The van der Waals surface area contributed by atoms with Crippen LogP contribution < -0.4 is 25.0 Å². The van der Waals surface area contributed by atoms with Crippen LogP contribution in [0.4, 0.5) is 0 Å². The van der Waals surface area contributed by atoms with Crippen LogP contribution in [0, 0.1) is 0 Å². The molecule has 0 saturated carbocycles. The fourth-order valence-corrected chi connectivity index (χ4v) is 3.35. The number of benzene rings is 3. The number of rotatable bonds is 10. The minimum absolute atomic E-state index is 0.247. The average molecular weight is 516 g/mol. The third kappa shape index (κ3) is 7.37. The van der Waals surface area contributed by atoms with E-state index in [1.807, 2.05) is 18.2 Å². The molecular weight excluding hydrogens is 493 g/mol. The number of carbonyl (C=O) groups excluding carboxylic acids is 2. The molecule has 2 N–H and O–H groups in total. The largest absolute Gasteiger partial charge is 0.493 e. The summed E-state index contributed by atoms with van der Waals surface area (Å²) < 4.78 is 16.2. The number of methoxy groups -OCH3 is 2. The summed E-state index contributed by atoms with van der Waals surface area (Å²) in [5, 5.41) is 7.53. The SMILES string of the molecule is COc1ccc(C(=O)NCC(=O)NN=Cc2cc(Cl)ccc2OCc2ccccc2Cl)cc1OC. The Morgan fingerprint density at radius 2 is 1.69 bits per heavy atom. The summed E-state index contributed by atoms with van der Waals surface area (Å²) in [6.45, 7) is -0.0351. The highest BCUT2D eigenvalue weighted by Gasteiger charge is 2.12. The van der Waals surface area contributed by atoms with Crippen molar-refractivity contribution in [1.29, 1.82) is 0 Å². The van der Waals surface area contributed by atoms with Crippen LogP contribution in [0.5, 0.6) is 17.2 Å². The number of amides is 2. The molecule has 0 saturated heterocycles. The zero-order valence-electron chi connectivity index (χ0n) is 19.0. The molecule has 3 aromatic carbocycles. The molecule has 0 heterocycles. The third-order valence-corrected chi connectivity index (χ3v) is 5.36. The first-order chi connectivity index (χ1) is 16.9. The Morgan fingerprint density at radius 1 is 0.943 bits per heavy atom. The maximum Gasteiger partial charge on any atom is 0.259 e. The number of ether oxygens (including phenoxy) is 3. The predicted molar refractivity (Wildman–Crippen MR) is 135 cm³/mol. The van der Waals surface area contributed by atoms with Gasteiger partial charge in [-0.05, 0) is 42.5 Å². The monoisotopic (exact) mass is 515 g/mol. The number of hydrazone groups is 1. The van der Waals surface area contributed by atoms with E-state index in [1.54, 1.807) is 36.4 Å². The molecule has 0 aliphatic heterocycles. The van der Waals surface area contributed by atoms with Gasteiger partial charge in [-0.2, -0.15) is 5.10 Å². The van der Waals surface area contributed by atoms with Gasteiger partial charge in [0, 0.05) is 26.7 Å². The lowest BCUT2D eigenvalue weighted by atomic mass is 10.2. The van der Waals surface area contributed by atoms with Crippen molar-refractivity contribution in [2.24, 2.45) is 5.10 Å². The van der Waals surface area contributed by atoms with Crippen molar-refractivity contribution in [3.05, 3.63) is 87.4 Å². The standard InChI is InChI=1S/C25H23Cl2N3O5/c1-33-22-9-7-16(12-23(22)34-2)25(32)28-14-24(31)30-29-13-18-11-19(26)8-10-21(18)35-15-17-5-3-4-6-20(17)27/h3-13H,14-15H2,1-2H3,(H,28,32)(H,30,31). The molecule has 0 aromatic heterocycles. The van der Waals surface area contributed by atoms with Crippen molar-refractivity contribution in [1.82, 2.24) is 10.7 Å². The Morgan fingerprint density at radius 3 is 2.43 bits per heavy atom. The van der Waals surface area contributed by atoms with E-state index < -0.39 is 11.8 Å². The van der Waals surface area contributed by atoms with Crippen LogP contribution >= 0.6 is 23.2 Å². The second-order valence-corrected chi connectivity index (χ2v) is 7.95. The van der Waals surface area contributed by atoms with Crippen molar-refractivity contribution in [2.75, 3.05) is 20.8 Å². The number of nitrogens with zero attached hydrogens (tertiary/aromatic N) is 1. The van der Waals surface area contributed by atoms with E-state index in [1.165, 1.54) is 26.5 Å². The third-order valence-electron chi connectivity index (χ3n) is 4.76. The summed E-state index contributed by atoms with van der Waals surface area (Å²) >= 11 is 12.3. The minimum atomic E-state index is -0.518. The normalized spacial score (nSPS) is 10.6. The first kappa shape index (κ1) is 25.9. The van der Waals surface area contributed by atoms with E-state index in [9.17, 15) is 9.59 Å². The van der Waals surface area contributed by atoms with Gasteiger partial charge in [0.15, 0.2) is 11.5 Å². The number of halogens is 2. The molecule has 2 amide bonds. The molecule has 3 rings (SSSR count). The van der Waals surface area contributed by atoms with Crippen LogP contribution in [0.3, 0.4) is 0 Å². The van der Waals surface area contributed by atoms with Gasteiger partial charge in [0.25, 0.3) is 11.8 Å². The fourth-order valence-electron chi connectivity index (χ4n) is 2.98. The van der Waals surface area contributed by atoms with E-state index in [0.29, 0.717) is 38.4 Å². The molecule has 182 valence electrons. The molecule has 35 heavy (non-hydrogen) atoms. The molecular formula is C25H23Cl2N3O5. The minimum Gasteiger partial charge on any atom is -0.493 e. The second kappa shape index (κ2) is 12.6. The van der Waals surface area contributed by atoms with Crippen molar-refractivity contribution in [2.45, 2.75) is 6.61 Å². The van der Waals surface area contributed by atoms with Crippen LogP contribution in [-0.4, -0.2) is 38.8 Å². The molecule has 0 unspecified atom stereocenters. The highest BCUT2D eigenvalue weighted by atomic mass is 35.5. The van der Waals surface area contributed by atoms with Gasteiger partial charge in [0.2, 0.25) is 0 Å². The lowest BCUT2D eigenvalue weighted by Gasteiger charge is -2.11. The zero-order valence-corrected chi connectivity index (χ0v) is 20.5. The van der Waals surface area contributed by atoms with Gasteiger partial charge in [0.1, 0.15) is 12.4 Å². The molecule has 0 spiro atoms. The van der Waals surface area contributed by atoms with Gasteiger partial charge < -0.3 is 19.5 Å². The van der Waals surface area contributed by atoms with Crippen LogP contribution in [-0.2, 0) is 11.4 Å². The Balaban J connectivity index is 1.56. The highest BCUT2D eigenvalue weighted by Crippen LogP contribution is 2.27. The highest BCUT2D eigenvalue weighted by molar-refractivity contribution is 6.31.